The van der Waals surface area contributed by atoms with Crippen LogP contribution in [0.5, 0.6) is 0 Å². The lowest BCUT2D eigenvalue weighted by molar-refractivity contribution is -0.131. The van der Waals surface area contributed by atoms with Gasteiger partial charge in [-0.1, -0.05) is 6.07 Å². The second-order valence-electron chi connectivity index (χ2n) is 2.54. The van der Waals surface area contributed by atoms with E-state index in [4.69, 9.17) is 5.11 Å². The molecule has 0 bridgehead atoms. The van der Waals surface area contributed by atoms with Gasteiger partial charge in [-0.25, -0.2) is 9.78 Å². The predicted octanol–water partition coefficient (Wildman–Crippen LogP) is 1.40. The summed E-state index contributed by atoms with van der Waals surface area (Å²) in [5, 5.41) is 11.0. The van der Waals surface area contributed by atoms with Crippen LogP contribution in [0.2, 0.25) is 0 Å². The van der Waals surface area contributed by atoms with E-state index in [2.05, 4.69) is 10.3 Å². The Morgan fingerprint density at radius 1 is 1.62 bits per heavy atom. The first kappa shape index (κ1) is 9.25. The van der Waals surface area contributed by atoms with E-state index in [1.807, 2.05) is 13.0 Å². The number of nitrogens with one attached hydrogen (secondary N) is 1. The molecule has 0 atom stereocenters. The van der Waals surface area contributed by atoms with Gasteiger partial charge in [-0.05, 0) is 18.6 Å². The lowest BCUT2D eigenvalue weighted by Gasteiger charge is -1.98. The van der Waals surface area contributed by atoms with Crippen LogP contribution in [0.1, 0.15) is 5.56 Å². The lowest BCUT2D eigenvalue weighted by atomic mass is 10.3. The molecule has 0 saturated carbocycles. The third kappa shape index (κ3) is 3.37. The van der Waals surface area contributed by atoms with Gasteiger partial charge >= 0.3 is 5.97 Å². The van der Waals surface area contributed by atoms with E-state index in [1.54, 1.807) is 12.3 Å². The summed E-state index contributed by atoms with van der Waals surface area (Å²) < 4.78 is 0. The van der Waals surface area contributed by atoms with Crippen LogP contribution in [-0.2, 0) is 4.79 Å². The second-order valence-corrected chi connectivity index (χ2v) is 2.54. The summed E-state index contributed by atoms with van der Waals surface area (Å²) in [5.74, 6) is -0.359. The number of nitrogens with zero attached hydrogens (tertiary/aromatic N) is 1. The SMILES string of the molecule is Cc1ccc(N/C=C\C(=O)O)nc1. The highest BCUT2D eigenvalue weighted by Crippen LogP contribution is 2.02. The molecule has 0 saturated heterocycles. The Kier molecular flexibility index (Phi) is 3.03. The summed E-state index contributed by atoms with van der Waals surface area (Å²) in [7, 11) is 0. The van der Waals surface area contributed by atoms with Gasteiger partial charge in [0.15, 0.2) is 0 Å². The minimum absolute atomic E-state index is 0.628. The van der Waals surface area contributed by atoms with E-state index < -0.39 is 5.97 Å². The van der Waals surface area contributed by atoms with Gasteiger partial charge in [0.1, 0.15) is 5.82 Å². The van der Waals surface area contributed by atoms with E-state index >= 15 is 0 Å². The number of carboxylic acids is 1. The number of pyridine rings is 1. The molecule has 0 fully saturated rings. The fourth-order valence-corrected chi connectivity index (χ4v) is 0.752. The maximum Gasteiger partial charge on any atom is 0.329 e. The van der Waals surface area contributed by atoms with Crippen molar-refractivity contribution in [3.05, 3.63) is 36.2 Å². The normalized spacial score (nSPS) is 10.2. The zero-order valence-electron chi connectivity index (χ0n) is 7.19. The Morgan fingerprint density at radius 2 is 2.38 bits per heavy atom. The number of hydrogen-bond donors (Lipinski definition) is 2. The van der Waals surface area contributed by atoms with E-state index in [0.29, 0.717) is 5.82 Å². The summed E-state index contributed by atoms with van der Waals surface area (Å²) in [6, 6.07) is 3.67. The fraction of sp³-hybridized carbons (Fsp3) is 0.111. The Balaban J connectivity index is 2.55. The summed E-state index contributed by atoms with van der Waals surface area (Å²) in [6.07, 6.45) is 4.05. The van der Waals surface area contributed by atoms with Gasteiger partial charge in [0.25, 0.3) is 0 Å². The zero-order chi connectivity index (χ0) is 9.68. The van der Waals surface area contributed by atoms with Crippen LogP contribution >= 0.6 is 0 Å². The van der Waals surface area contributed by atoms with Crippen LogP contribution in [0.4, 0.5) is 5.82 Å². The Bertz CT molecular complexity index is 317. The molecule has 1 heterocycles. The van der Waals surface area contributed by atoms with Gasteiger partial charge in [-0.3, -0.25) is 0 Å². The zero-order valence-corrected chi connectivity index (χ0v) is 7.19. The van der Waals surface area contributed by atoms with Gasteiger partial charge in [0.05, 0.1) is 0 Å². The van der Waals surface area contributed by atoms with E-state index in [-0.39, 0.29) is 0 Å². The molecule has 0 unspecified atom stereocenters. The third-order valence-electron chi connectivity index (χ3n) is 1.37. The van der Waals surface area contributed by atoms with Crippen molar-refractivity contribution in [3.63, 3.8) is 0 Å². The molecule has 0 aliphatic carbocycles. The standard InChI is InChI=1S/C9H10N2O2/c1-7-2-3-8(11-6-7)10-5-4-9(12)13/h2-6H,1H3,(H,10,11)(H,12,13)/b5-4-. The Hall–Kier alpha value is -1.84. The minimum atomic E-state index is -0.986. The van der Waals surface area contributed by atoms with Crippen LogP contribution < -0.4 is 5.32 Å². The van der Waals surface area contributed by atoms with Crippen molar-refractivity contribution in [1.82, 2.24) is 4.98 Å². The summed E-state index contributed by atoms with van der Waals surface area (Å²) in [6.45, 7) is 1.93. The van der Waals surface area contributed by atoms with Crippen molar-refractivity contribution >= 4 is 11.8 Å². The first-order valence-corrected chi connectivity index (χ1v) is 3.77. The molecule has 4 heteroatoms. The number of aromatic nitrogens is 1. The van der Waals surface area contributed by atoms with E-state index in [1.165, 1.54) is 6.20 Å². The fourth-order valence-electron chi connectivity index (χ4n) is 0.752. The second kappa shape index (κ2) is 4.25. The lowest BCUT2D eigenvalue weighted by Crippen LogP contribution is -1.94. The number of carbonyl (C=O) groups is 1. The maximum absolute atomic E-state index is 10.1. The largest absolute Gasteiger partial charge is 0.478 e. The highest BCUT2D eigenvalue weighted by atomic mass is 16.4. The van der Waals surface area contributed by atoms with Crippen molar-refractivity contribution in [3.8, 4) is 0 Å². The van der Waals surface area contributed by atoms with Crippen LogP contribution in [-0.4, -0.2) is 16.1 Å². The van der Waals surface area contributed by atoms with Crippen molar-refractivity contribution < 1.29 is 9.90 Å². The van der Waals surface area contributed by atoms with Crippen molar-refractivity contribution in [2.45, 2.75) is 6.92 Å². The van der Waals surface area contributed by atoms with Crippen LogP contribution in [0, 0.1) is 6.92 Å². The third-order valence-corrected chi connectivity index (χ3v) is 1.37. The van der Waals surface area contributed by atoms with Crippen LogP contribution in [0.15, 0.2) is 30.6 Å². The highest BCUT2D eigenvalue weighted by Gasteiger charge is 1.89. The molecule has 0 aromatic carbocycles. The van der Waals surface area contributed by atoms with E-state index in [9.17, 15) is 4.79 Å². The average molecular weight is 178 g/mol. The molecule has 0 radical (unpaired) electrons. The molecule has 0 aliphatic heterocycles. The predicted molar refractivity (Wildman–Crippen MR) is 49.4 cm³/mol. The molecule has 0 amide bonds. The molecule has 2 N–H and O–H groups in total. The molecule has 1 aromatic heterocycles. The van der Waals surface area contributed by atoms with Gasteiger partial charge in [0, 0.05) is 18.5 Å². The Labute approximate surface area is 75.9 Å². The van der Waals surface area contributed by atoms with Gasteiger partial charge < -0.3 is 10.4 Å². The molecule has 1 rings (SSSR count). The molecular formula is C9H10N2O2. The number of carboxylic acid groups (broad SMARTS) is 1. The highest BCUT2D eigenvalue weighted by molar-refractivity contribution is 5.80. The monoisotopic (exact) mass is 178 g/mol. The topological polar surface area (TPSA) is 62.2 Å². The van der Waals surface area contributed by atoms with Crippen LogP contribution in [0.25, 0.3) is 0 Å². The number of anilines is 1. The van der Waals surface area contributed by atoms with Crippen LogP contribution in [0.3, 0.4) is 0 Å². The number of aryl methyl sites for hydroxylation is 1. The average Bonchev–Trinajstić information content (AvgIpc) is 2.08. The van der Waals surface area contributed by atoms with Crippen molar-refractivity contribution in [2.24, 2.45) is 0 Å². The summed E-state index contributed by atoms with van der Waals surface area (Å²) in [5.41, 5.74) is 1.06. The van der Waals surface area contributed by atoms with Gasteiger partial charge in [0.2, 0.25) is 0 Å². The van der Waals surface area contributed by atoms with Crippen molar-refractivity contribution in [2.75, 3.05) is 5.32 Å². The summed E-state index contributed by atoms with van der Waals surface area (Å²) in [4.78, 5) is 14.1. The maximum atomic E-state index is 10.1. The first-order chi connectivity index (χ1) is 6.18. The molecule has 13 heavy (non-hydrogen) atoms. The smallest absolute Gasteiger partial charge is 0.329 e. The van der Waals surface area contributed by atoms with Gasteiger partial charge in [-0.2, -0.15) is 0 Å². The number of aliphatic carboxylic acids is 1. The van der Waals surface area contributed by atoms with Gasteiger partial charge in [-0.15, -0.1) is 0 Å². The first-order valence-electron chi connectivity index (χ1n) is 3.77. The van der Waals surface area contributed by atoms with Crippen molar-refractivity contribution in [1.29, 1.82) is 0 Å². The molecule has 0 aliphatic rings. The molecule has 0 spiro atoms. The Morgan fingerprint density at radius 3 is 2.92 bits per heavy atom. The van der Waals surface area contributed by atoms with E-state index in [0.717, 1.165) is 11.6 Å². The minimum Gasteiger partial charge on any atom is -0.478 e. The molecule has 4 nitrogen and oxygen atoms in total. The molecule has 1 aromatic rings. The quantitative estimate of drug-likeness (QED) is 0.687. The summed E-state index contributed by atoms with van der Waals surface area (Å²) >= 11 is 0. The number of hydrogen-bond acceptors (Lipinski definition) is 3. The molecular weight excluding hydrogens is 168 g/mol. The number of rotatable bonds is 3. The molecule has 68 valence electrons.